The Balaban J connectivity index is 1.72. The molecule has 1 aliphatic heterocycles. The number of aromatic nitrogens is 2. The molecule has 112 valence electrons. The molecule has 5 nitrogen and oxygen atoms in total. The first-order valence-electron chi connectivity index (χ1n) is 6.70. The molecule has 0 spiro atoms. The van der Waals surface area contributed by atoms with Crippen molar-refractivity contribution < 1.29 is 13.7 Å². The van der Waals surface area contributed by atoms with Gasteiger partial charge in [-0.05, 0) is 12.1 Å². The van der Waals surface area contributed by atoms with Crippen LogP contribution in [0.25, 0.3) is 0 Å². The lowest BCUT2D eigenvalue weighted by molar-refractivity contribution is -0.0383. The Labute approximate surface area is 126 Å². The first-order chi connectivity index (χ1) is 10.1. The van der Waals surface area contributed by atoms with E-state index in [1.807, 2.05) is 0 Å². The predicted molar refractivity (Wildman–Crippen MR) is 74.4 cm³/mol. The molecule has 1 aromatic heterocycles. The smallest absolute Gasteiger partial charge is 0.223 e. The maximum Gasteiger partial charge on any atom is 0.223 e. The number of benzene rings is 1. The standard InChI is InChI=1S/C14H15ClFN3O2/c1-9-17-14(18-21-9)13-8-19(5-6-20-13)7-10-11(15)3-2-4-12(10)16/h2-4,13H,5-8H2,1H3. The van der Waals surface area contributed by atoms with Gasteiger partial charge in [-0.3, -0.25) is 4.90 Å². The third-order valence-corrected chi connectivity index (χ3v) is 3.78. The molecular weight excluding hydrogens is 297 g/mol. The highest BCUT2D eigenvalue weighted by atomic mass is 35.5. The molecule has 2 heterocycles. The zero-order chi connectivity index (χ0) is 14.8. The molecule has 21 heavy (non-hydrogen) atoms. The second-order valence-corrected chi connectivity index (χ2v) is 5.37. The molecule has 0 amide bonds. The van der Waals surface area contributed by atoms with Crippen LogP contribution in [0, 0.1) is 12.7 Å². The van der Waals surface area contributed by atoms with E-state index in [1.165, 1.54) is 6.07 Å². The molecule has 0 bridgehead atoms. The lowest BCUT2D eigenvalue weighted by Crippen LogP contribution is -2.38. The molecular formula is C14H15ClFN3O2. The number of ether oxygens (including phenoxy) is 1. The Bertz CT molecular complexity index is 614. The van der Waals surface area contributed by atoms with Crippen molar-refractivity contribution in [3.8, 4) is 0 Å². The van der Waals surface area contributed by atoms with Crippen molar-refractivity contribution in [2.45, 2.75) is 19.6 Å². The van der Waals surface area contributed by atoms with Gasteiger partial charge in [-0.25, -0.2) is 4.39 Å². The third kappa shape index (κ3) is 3.23. The molecule has 3 rings (SSSR count). The minimum absolute atomic E-state index is 0.262. The predicted octanol–water partition coefficient (Wildman–Crippen LogP) is 2.74. The fraction of sp³-hybridized carbons (Fsp3) is 0.429. The lowest BCUT2D eigenvalue weighted by Gasteiger charge is -2.31. The van der Waals surface area contributed by atoms with Gasteiger partial charge in [-0.15, -0.1) is 0 Å². The van der Waals surface area contributed by atoms with Gasteiger partial charge < -0.3 is 9.26 Å². The van der Waals surface area contributed by atoms with E-state index in [4.69, 9.17) is 20.9 Å². The fourth-order valence-electron chi connectivity index (χ4n) is 2.36. The van der Waals surface area contributed by atoms with Crippen LogP contribution in [-0.2, 0) is 11.3 Å². The van der Waals surface area contributed by atoms with Gasteiger partial charge in [0.05, 0.1) is 6.61 Å². The summed E-state index contributed by atoms with van der Waals surface area (Å²) in [4.78, 5) is 6.25. The maximum atomic E-state index is 13.8. The van der Waals surface area contributed by atoms with Crippen LogP contribution >= 0.6 is 11.6 Å². The third-order valence-electron chi connectivity index (χ3n) is 3.43. The Morgan fingerprint density at radius 1 is 1.48 bits per heavy atom. The summed E-state index contributed by atoms with van der Waals surface area (Å²) in [7, 11) is 0. The minimum atomic E-state index is -0.291. The molecule has 1 unspecified atom stereocenters. The van der Waals surface area contributed by atoms with Crippen molar-refractivity contribution in [3.63, 3.8) is 0 Å². The molecule has 2 aromatic rings. The van der Waals surface area contributed by atoms with Gasteiger partial charge in [0.25, 0.3) is 0 Å². The van der Waals surface area contributed by atoms with Crippen LogP contribution in [0.2, 0.25) is 5.02 Å². The van der Waals surface area contributed by atoms with Crippen molar-refractivity contribution in [1.82, 2.24) is 15.0 Å². The van der Waals surface area contributed by atoms with Gasteiger partial charge in [-0.2, -0.15) is 4.98 Å². The van der Waals surface area contributed by atoms with E-state index in [0.29, 0.717) is 48.5 Å². The summed E-state index contributed by atoms with van der Waals surface area (Å²) in [5, 5.41) is 4.32. The van der Waals surface area contributed by atoms with Gasteiger partial charge in [0.1, 0.15) is 11.9 Å². The van der Waals surface area contributed by atoms with E-state index in [-0.39, 0.29) is 11.9 Å². The molecule has 1 saturated heterocycles. The number of halogens is 2. The Morgan fingerprint density at radius 3 is 3.05 bits per heavy atom. The van der Waals surface area contributed by atoms with Crippen molar-refractivity contribution >= 4 is 11.6 Å². The van der Waals surface area contributed by atoms with Gasteiger partial charge in [0.15, 0.2) is 0 Å². The van der Waals surface area contributed by atoms with Crippen molar-refractivity contribution in [3.05, 3.63) is 46.3 Å². The number of rotatable bonds is 3. The van der Waals surface area contributed by atoms with E-state index in [0.717, 1.165) is 0 Å². The zero-order valence-corrected chi connectivity index (χ0v) is 12.3. The van der Waals surface area contributed by atoms with Crippen LogP contribution in [0.5, 0.6) is 0 Å². The highest BCUT2D eigenvalue weighted by molar-refractivity contribution is 6.31. The number of nitrogens with zero attached hydrogens (tertiary/aromatic N) is 3. The molecule has 1 fully saturated rings. The first kappa shape index (κ1) is 14.4. The van der Waals surface area contributed by atoms with Gasteiger partial charge in [-0.1, -0.05) is 22.8 Å². The first-order valence-corrected chi connectivity index (χ1v) is 7.08. The molecule has 0 N–H and O–H groups in total. The van der Waals surface area contributed by atoms with E-state index >= 15 is 0 Å². The normalized spacial score (nSPS) is 19.9. The Hall–Kier alpha value is -1.50. The quantitative estimate of drug-likeness (QED) is 0.872. The largest absolute Gasteiger partial charge is 0.367 e. The fourth-order valence-corrected chi connectivity index (χ4v) is 2.58. The molecule has 7 heteroatoms. The summed E-state index contributed by atoms with van der Waals surface area (Å²) in [5.74, 6) is 0.737. The number of morpholine rings is 1. The van der Waals surface area contributed by atoms with E-state index in [2.05, 4.69) is 15.0 Å². The average molecular weight is 312 g/mol. The zero-order valence-electron chi connectivity index (χ0n) is 11.6. The van der Waals surface area contributed by atoms with Crippen LogP contribution in [-0.4, -0.2) is 34.7 Å². The van der Waals surface area contributed by atoms with Crippen LogP contribution in [0.15, 0.2) is 22.7 Å². The lowest BCUT2D eigenvalue weighted by atomic mass is 10.1. The molecule has 1 aromatic carbocycles. The van der Waals surface area contributed by atoms with Crippen LogP contribution in [0.3, 0.4) is 0 Å². The van der Waals surface area contributed by atoms with Crippen LogP contribution in [0.4, 0.5) is 4.39 Å². The van der Waals surface area contributed by atoms with E-state index in [1.54, 1.807) is 19.1 Å². The number of hydrogen-bond acceptors (Lipinski definition) is 5. The topological polar surface area (TPSA) is 51.4 Å². The summed E-state index contributed by atoms with van der Waals surface area (Å²) in [5.41, 5.74) is 0.504. The van der Waals surface area contributed by atoms with E-state index in [9.17, 15) is 4.39 Å². The van der Waals surface area contributed by atoms with E-state index < -0.39 is 0 Å². The van der Waals surface area contributed by atoms with Gasteiger partial charge in [0.2, 0.25) is 11.7 Å². The molecule has 1 aliphatic rings. The average Bonchev–Trinajstić information content (AvgIpc) is 2.90. The Kier molecular flexibility index (Phi) is 4.19. The summed E-state index contributed by atoms with van der Waals surface area (Å²) >= 11 is 6.07. The van der Waals surface area contributed by atoms with Crippen molar-refractivity contribution in [2.75, 3.05) is 19.7 Å². The SMILES string of the molecule is Cc1nc(C2CN(Cc3c(F)cccc3Cl)CCO2)no1. The second kappa shape index (κ2) is 6.09. The highest BCUT2D eigenvalue weighted by Gasteiger charge is 2.26. The summed E-state index contributed by atoms with van der Waals surface area (Å²) in [6.07, 6.45) is -0.262. The minimum Gasteiger partial charge on any atom is -0.367 e. The molecule has 1 atom stereocenters. The summed E-state index contributed by atoms with van der Waals surface area (Å²) in [6.45, 7) is 3.98. The summed E-state index contributed by atoms with van der Waals surface area (Å²) < 4.78 is 24.5. The Morgan fingerprint density at radius 2 is 2.33 bits per heavy atom. The van der Waals surface area contributed by atoms with Crippen molar-refractivity contribution in [1.29, 1.82) is 0 Å². The monoisotopic (exact) mass is 311 g/mol. The van der Waals surface area contributed by atoms with Gasteiger partial charge in [0, 0.05) is 37.1 Å². The second-order valence-electron chi connectivity index (χ2n) is 4.97. The van der Waals surface area contributed by atoms with Crippen LogP contribution < -0.4 is 0 Å². The van der Waals surface area contributed by atoms with Gasteiger partial charge >= 0.3 is 0 Å². The highest BCUT2D eigenvalue weighted by Crippen LogP contribution is 2.25. The van der Waals surface area contributed by atoms with Crippen molar-refractivity contribution in [2.24, 2.45) is 0 Å². The number of aryl methyl sites for hydroxylation is 1. The molecule has 0 saturated carbocycles. The molecule has 0 aliphatic carbocycles. The van der Waals surface area contributed by atoms with Crippen LogP contribution in [0.1, 0.15) is 23.4 Å². The number of hydrogen-bond donors (Lipinski definition) is 0. The maximum absolute atomic E-state index is 13.8. The molecule has 0 radical (unpaired) electrons. The summed E-state index contributed by atoms with van der Waals surface area (Å²) in [6, 6.07) is 4.72.